The van der Waals surface area contributed by atoms with Gasteiger partial charge in [0.1, 0.15) is 0 Å². The van der Waals surface area contributed by atoms with Gasteiger partial charge in [0.25, 0.3) is 0 Å². The number of fused-ring (bicyclic) bond motifs is 2. The second-order valence-corrected chi connectivity index (χ2v) is 10.3. The molecule has 1 saturated carbocycles. The van der Waals surface area contributed by atoms with E-state index in [0.717, 1.165) is 5.52 Å². The van der Waals surface area contributed by atoms with Gasteiger partial charge in [-0.3, -0.25) is 9.48 Å². The fourth-order valence-corrected chi connectivity index (χ4v) is 6.79. The number of benzene rings is 1. The number of amides is 1. The minimum atomic E-state index is -4.70. The maximum absolute atomic E-state index is 13.6. The van der Waals surface area contributed by atoms with E-state index in [-0.39, 0.29) is 42.8 Å². The van der Waals surface area contributed by atoms with Crippen molar-refractivity contribution in [3.63, 3.8) is 0 Å². The molecule has 6 atom stereocenters. The summed E-state index contributed by atoms with van der Waals surface area (Å²) in [6.45, 7) is 1.44. The highest BCUT2D eigenvalue weighted by Gasteiger charge is 2.53. The molecule has 1 aromatic carbocycles. The predicted octanol–water partition coefficient (Wildman–Crippen LogP) is 4.36. The number of carbonyl (C=O) groups is 1. The number of nitrogens with zero attached hydrogens (tertiary/aromatic N) is 3. The van der Waals surface area contributed by atoms with E-state index in [9.17, 15) is 28.2 Å². The van der Waals surface area contributed by atoms with Gasteiger partial charge in [-0.1, -0.05) is 29.6 Å². The van der Waals surface area contributed by atoms with Crippen LogP contribution in [0.1, 0.15) is 38.2 Å². The van der Waals surface area contributed by atoms with Gasteiger partial charge < -0.3 is 15.1 Å². The van der Waals surface area contributed by atoms with E-state index in [1.165, 1.54) is 0 Å². The molecule has 2 heterocycles. The molecule has 2 N–H and O–H groups in total. The Morgan fingerprint density at radius 3 is 2.62 bits per heavy atom. The molecule has 2 fully saturated rings. The van der Waals surface area contributed by atoms with Crippen LogP contribution in [0.15, 0.2) is 12.1 Å². The summed E-state index contributed by atoms with van der Waals surface area (Å²) < 4.78 is 41.6. The molecular weight excluding hydrogens is 494 g/mol. The zero-order chi connectivity index (χ0) is 24.9. The number of carbonyl (C=O) groups excluding carboxylic acids is 1. The van der Waals surface area contributed by atoms with Gasteiger partial charge in [0, 0.05) is 23.5 Å². The summed E-state index contributed by atoms with van der Waals surface area (Å²) in [5.41, 5.74) is 1.25. The lowest BCUT2D eigenvalue weighted by Crippen LogP contribution is -2.60. The number of rotatable bonds is 4. The molecule has 1 saturated heterocycles. The largest absolute Gasteiger partial charge is 0.414 e. The van der Waals surface area contributed by atoms with Crippen molar-refractivity contribution in [2.75, 3.05) is 6.61 Å². The number of hydrogen-bond donors (Lipinski definition) is 2. The first kappa shape index (κ1) is 25.5. The summed E-state index contributed by atoms with van der Waals surface area (Å²) in [5, 5.41) is 25.5. The Hall–Kier alpha value is -1.55. The summed E-state index contributed by atoms with van der Waals surface area (Å²) in [7, 11) is 1.73. The Morgan fingerprint density at radius 1 is 1.26 bits per heavy atom. The number of halogens is 5. The first-order valence-electron chi connectivity index (χ1n) is 11.4. The van der Waals surface area contributed by atoms with Crippen molar-refractivity contribution in [1.82, 2.24) is 14.7 Å². The monoisotopic (exact) mass is 521 g/mol. The number of aliphatic hydroxyl groups excluding tert-OH is 2. The van der Waals surface area contributed by atoms with Gasteiger partial charge in [-0.05, 0) is 61.6 Å². The minimum Gasteiger partial charge on any atom is -0.394 e. The number of aliphatic hydroxyl groups is 2. The van der Waals surface area contributed by atoms with Gasteiger partial charge in [-0.15, -0.1) is 0 Å². The molecule has 0 spiro atoms. The molecule has 4 rings (SSSR count). The molecule has 34 heavy (non-hydrogen) atoms. The van der Waals surface area contributed by atoms with Crippen LogP contribution in [0.2, 0.25) is 10.2 Å². The Bertz CT molecular complexity index is 1080. The highest BCUT2D eigenvalue weighted by molar-refractivity contribution is 6.37. The third-order valence-corrected chi connectivity index (χ3v) is 8.38. The van der Waals surface area contributed by atoms with Gasteiger partial charge in [-0.2, -0.15) is 18.3 Å². The summed E-state index contributed by atoms with van der Waals surface area (Å²) >= 11 is 12.7. The minimum absolute atomic E-state index is 0.0750. The van der Waals surface area contributed by atoms with Crippen molar-refractivity contribution in [3.05, 3.63) is 27.9 Å². The van der Waals surface area contributed by atoms with Crippen molar-refractivity contribution in [2.45, 2.75) is 63.4 Å². The van der Waals surface area contributed by atoms with Crippen LogP contribution in [0.5, 0.6) is 0 Å². The molecule has 0 radical (unpaired) electrons. The van der Waals surface area contributed by atoms with E-state index < -0.39 is 36.2 Å². The fourth-order valence-electron chi connectivity index (χ4n) is 6.24. The van der Waals surface area contributed by atoms with E-state index in [1.807, 2.05) is 6.92 Å². The molecule has 11 heteroatoms. The van der Waals surface area contributed by atoms with Gasteiger partial charge in [0.05, 0.1) is 24.6 Å². The molecule has 2 aliphatic rings. The van der Waals surface area contributed by atoms with Crippen molar-refractivity contribution in [2.24, 2.45) is 24.8 Å². The van der Waals surface area contributed by atoms with Gasteiger partial charge in [-0.25, -0.2) is 0 Å². The van der Waals surface area contributed by atoms with Crippen molar-refractivity contribution in [1.29, 1.82) is 0 Å². The zero-order valence-corrected chi connectivity index (χ0v) is 20.4. The maximum atomic E-state index is 13.6. The highest BCUT2D eigenvalue weighted by atomic mass is 35.5. The molecule has 0 bridgehead atoms. The van der Waals surface area contributed by atoms with Crippen LogP contribution in [0.25, 0.3) is 10.9 Å². The van der Waals surface area contributed by atoms with E-state index >= 15 is 0 Å². The first-order chi connectivity index (χ1) is 16.0. The first-order valence-corrected chi connectivity index (χ1v) is 12.2. The molecule has 2 aromatic rings. The van der Waals surface area contributed by atoms with E-state index in [0.29, 0.717) is 28.8 Å². The van der Waals surface area contributed by atoms with Crippen LogP contribution in [-0.2, 0) is 18.3 Å². The quantitative estimate of drug-likeness (QED) is 0.626. The lowest BCUT2D eigenvalue weighted by Gasteiger charge is -2.53. The third-order valence-electron chi connectivity index (χ3n) is 7.76. The molecule has 1 aromatic heterocycles. The number of hydrogen-bond acceptors (Lipinski definition) is 4. The van der Waals surface area contributed by atoms with Crippen LogP contribution in [0.4, 0.5) is 13.2 Å². The number of alkyl halides is 3. The maximum Gasteiger partial charge on any atom is 0.414 e. The SMILES string of the molecule is C[C@H]1[C@H]2CCC[C@@H](C(O)C(F)(F)F)[C@@H]2C[C@H](CO)N1C(=O)Cc1c(Cl)ccc2c1c(Cl)nn2C. The summed E-state index contributed by atoms with van der Waals surface area (Å²) in [5.74, 6) is -1.85. The average Bonchev–Trinajstić information content (AvgIpc) is 3.07. The molecule has 1 amide bonds. The smallest absolute Gasteiger partial charge is 0.394 e. The molecular formula is C23H28Cl2F3N3O3. The predicted molar refractivity (Wildman–Crippen MR) is 123 cm³/mol. The number of aryl methyl sites for hydroxylation is 1. The Balaban J connectivity index is 1.63. The summed E-state index contributed by atoms with van der Waals surface area (Å²) in [4.78, 5) is 15.2. The highest BCUT2D eigenvalue weighted by Crippen LogP contribution is 2.48. The molecule has 1 aliphatic heterocycles. The van der Waals surface area contributed by atoms with Gasteiger partial charge >= 0.3 is 6.18 Å². The topological polar surface area (TPSA) is 78.6 Å². The number of piperidine rings is 1. The molecule has 188 valence electrons. The summed E-state index contributed by atoms with van der Waals surface area (Å²) in [6.07, 6.45) is -5.48. The van der Waals surface area contributed by atoms with E-state index in [1.54, 1.807) is 28.8 Å². The third kappa shape index (κ3) is 4.40. The fraction of sp³-hybridized carbons (Fsp3) is 0.652. The van der Waals surface area contributed by atoms with Crippen LogP contribution in [-0.4, -0.2) is 61.8 Å². The number of aromatic nitrogens is 2. The standard InChI is InChI=1S/C23H28Cl2F3N3O3/c1-11-13-4-3-5-14(21(34)23(26,27)28)15(13)8-12(10-32)31(11)19(33)9-16-17(24)6-7-18-20(16)22(25)29-30(18)2/h6-7,11-15,21,32,34H,3-5,8-10H2,1-2H3/t11-,12+,13+,14+,15+,21?/m0/s1. The second-order valence-electron chi connectivity index (χ2n) is 9.53. The van der Waals surface area contributed by atoms with Gasteiger partial charge in [0.15, 0.2) is 11.3 Å². The summed E-state index contributed by atoms with van der Waals surface area (Å²) in [6, 6.07) is 2.40. The van der Waals surface area contributed by atoms with Gasteiger partial charge in [0.2, 0.25) is 5.91 Å². The average molecular weight is 522 g/mol. The van der Waals surface area contributed by atoms with Crippen LogP contribution in [0.3, 0.4) is 0 Å². The molecule has 1 aliphatic carbocycles. The lowest BCUT2D eigenvalue weighted by atomic mass is 9.62. The molecule has 1 unspecified atom stereocenters. The van der Waals surface area contributed by atoms with Crippen LogP contribution < -0.4 is 0 Å². The van der Waals surface area contributed by atoms with Crippen molar-refractivity contribution < 1.29 is 28.2 Å². The van der Waals surface area contributed by atoms with E-state index in [4.69, 9.17) is 23.2 Å². The van der Waals surface area contributed by atoms with Crippen molar-refractivity contribution >= 4 is 40.0 Å². The second kappa shape index (κ2) is 9.48. The lowest BCUT2D eigenvalue weighted by molar-refractivity contribution is -0.234. The van der Waals surface area contributed by atoms with E-state index in [2.05, 4.69) is 5.10 Å². The number of likely N-dealkylation sites (tertiary alicyclic amines) is 1. The molecule has 6 nitrogen and oxygen atoms in total. The van der Waals surface area contributed by atoms with Crippen LogP contribution in [0, 0.1) is 17.8 Å². The zero-order valence-electron chi connectivity index (χ0n) is 18.9. The Labute approximate surface area is 205 Å². The Morgan fingerprint density at radius 2 is 1.97 bits per heavy atom. The van der Waals surface area contributed by atoms with Crippen molar-refractivity contribution in [3.8, 4) is 0 Å². The normalized spacial score (nSPS) is 28.7. The van der Waals surface area contributed by atoms with Crippen LogP contribution >= 0.6 is 23.2 Å². The Kier molecular flexibility index (Phi) is 7.12.